The lowest BCUT2D eigenvalue weighted by atomic mass is 9.77. The predicted octanol–water partition coefficient (Wildman–Crippen LogP) is 8.27. The number of nitrogens with zero attached hydrogens (tertiary/aromatic N) is 1. The number of benzene rings is 3. The van der Waals surface area contributed by atoms with Crippen LogP contribution < -0.4 is 0 Å². The van der Waals surface area contributed by atoms with E-state index in [4.69, 9.17) is 11.6 Å². The molecule has 0 aliphatic carbocycles. The van der Waals surface area contributed by atoms with Gasteiger partial charge in [0.15, 0.2) is 0 Å². The van der Waals surface area contributed by atoms with Gasteiger partial charge in [0.1, 0.15) is 5.75 Å². The van der Waals surface area contributed by atoms with Gasteiger partial charge >= 0.3 is 0 Å². The van der Waals surface area contributed by atoms with Crippen LogP contribution in [0.1, 0.15) is 81.1 Å². The second-order valence-electron chi connectivity index (χ2n) is 12.3. The normalized spacial score (nSPS) is 16.9. The van der Waals surface area contributed by atoms with Crippen LogP contribution >= 0.6 is 11.6 Å². The molecule has 5 rings (SSSR count). The number of phenols is 1. The Labute approximate surface area is 220 Å². The Morgan fingerprint density at radius 1 is 0.917 bits per heavy atom. The highest BCUT2D eigenvalue weighted by Crippen LogP contribution is 2.45. The van der Waals surface area contributed by atoms with Gasteiger partial charge in [-0.1, -0.05) is 83.5 Å². The number of fused-ring (bicyclic) bond motifs is 3. The summed E-state index contributed by atoms with van der Waals surface area (Å²) < 4.78 is 0. The Kier molecular flexibility index (Phi) is 6.21. The summed E-state index contributed by atoms with van der Waals surface area (Å²) >= 11 is 6.41. The van der Waals surface area contributed by atoms with Crippen molar-refractivity contribution < 1.29 is 5.11 Å². The van der Waals surface area contributed by atoms with Gasteiger partial charge in [-0.2, -0.15) is 0 Å². The molecule has 0 saturated heterocycles. The van der Waals surface area contributed by atoms with Crippen LogP contribution in [0.4, 0.5) is 0 Å². The molecule has 1 atom stereocenters. The molecule has 4 aromatic rings. The maximum atomic E-state index is 11.4. The van der Waals surface area contributed by atoms with Crippen molar-refractivity contribution in [2.24, 2.45) is 0 Å². The van der Waals surface area contributed by atoms with Gasteiger partial charge < -0.3 is 10.1 Å². The number of hydrogen-bond donors (Lipinski definition) is 2. The molecule has 1 aromatic heterocycles. The first-order valence-corrected chi connectivity index (χ1v) is 13.3. The molecule has 3 nitrogen and oxygen atoms in total. The molecule has 0 radical (unpaired) electrons. The van der Waals surface area contributed by atoms with Gasteiger partial charge in [-0.05, 0) is 75.4 Å². The molecule has 2 N–H and O–H groups in total. The topological polar surface area (TPSA) is 39.3 Å². The highest BCUT2D eigenvalue weighted by Gasteiger charge is 2.35. The number of halogens is 1. The third-order valence-electron chi connectivity index (χ3n) is 7.48. The zero-order chi connectivity index (χ0) is 25.8. The molecule has 1 aliphatic rings. The van der Waals surface area contributed by atoms with Crippen LogP contribution in [-0.2, 0) is 23.8 Å². The highest BCUT2D eigenvalue weighted by molar-refractivity contribution is 6.31. The molecule has 2 heterocycles. The Bertz CT molecular complexity index is 1370. The van der Waals surface area contributed by atoms with Crippen LogP contribution in [0, 0.1) is 0 Å². The first kappa shape index (κ1) is 24.9. The predicted molar refractivity (Wildman–Crippen MR) is 151 cm³/mol. The second kappa shape index (κ2) is 8.97. The first-order valence-electron chi connectivity index (χ1n) is 12.9. The fourth-order valence-corrected chi connectivity index (χ4v) is 5.81. The van der Waals surface area contributed by atoms with E-state index >= 15 is 0 Å². The van der Waals surface area contributed by atoms with Crippen molar-refractivity contribution in [1.82, 2.24) is 9.88 Å². The molecule has 3 aromatic carbocycles. The molecule has 4 heteroatoms. The number of nitrogens with one attached hydrogen (secondary N) is 1. The maximum Gasteiger partial charge on any atom is 0.123 e. The SMILES string of the molecule is CC(C)(C)c1cc(C2c3[nH]c4ccc(Cl)cc4c3CCN2Cc2ccccc2)cc(C(C)(C)C)c1O. The van der Waals surface area contributed by atoms with E-state index < -0.39 is 0 Å². The van der Waals surface area contributed by atoms with Crippen molar-refractivity contribution in [1.29, 1.82) is 0 Å². The van der Waals surface area contributed by atoms with Crippen molar-refractivity contribution in [3.8, 4) is 5.75 Å². The fourth-order valence-electron chi connectivity index (χ4n) is 5.63. The standard InChI is InChI=1S/C32H37ClN2O/c1-31(2,3)25-16-21(17-26(30(25)36)32(4,5)6)29-28-23(24-18-22(33)12-13-27(24)34-28)14-15-35(29)19-20-10-8-7-9-11-20/h7-13,16-18,29,34,36H,14-15,19H2,1-6H3. The molecular weight excluding hydrogens is 464 g/mol. The van der Waals surface area contributed by atoms with Gasteiger partial charge in [-0.3, -0.25) is 4.90 Å². The number of phenolic OH excluding ortho intramolecular Hbond substituents is 1. The van der Waals surface area contributed by atoms with E-state index in [0.29, 0.717) is 5.75 Å². The molecule has 1 aliphatic heterocycles. The summed E-state index contributed by atoms with van der Waals surface area (Å²) in [5, 5.41) is 13.4. The van der Waals surface area contributed by atoms with Crippen LogP contribution in [0.15, 0.2) is 60.7 Å². The van der Waals surface area contributed by atoms with Gasteiger partial charge in [0.05, 0.1) is 6.04 Å². The van der Waals surface area contributed by atoms with Crippen LogP contribution in [0.25, 0.3) is 10.9 Å². The van der Waals surface area contributed by atoms with Gasteiger partial charge in [0.2, 0.25) is 0 Å². The van der Waals surface area contributed by atoms with E-state index in [1.807, 2.05) is 6.07 Å². The van der Waals surface area contributed by atoms with Crippen molar-refractivity contribution >= 4 is 22.5 Å². The monoisotopic (exact) mass is 500 g/mol. The quantitative estimate of drug-likeness (QED) is 0.297. The molecule has 0 saturated carbocycles. The minimum Gasteiger partial charge on any atom is -0.507 e. The summed E-state index contributed by atoms with van der Waals surface area (Å²) in [6.45, 7) is 14.9. The van der Waals surface area contributed by atoms with E-state index in [9.17, 15) is 5.11 Å². The third-order valence-corrected chi connectivity index (χ3v) is 7.72. The van der Waals surface area contributed by atoms with E-state index in [1.165, 1.54) is 27.8 Å². The van der Waals surface area contributed by atoms with E-state index in [0.717, 1.165) is 41.2 Å². The van der Waals surface area contributed by atoms with Gasteiger partial charge in [-0.25, -0.2) is 0 Å². The molecule has 0 spiro atoms. The Morgan fingerprint density at radius 2 is 1.56 bits per heavy atom. The number of H-pyrrole nitrogens is 1. The Hall–Kier alpha value is -2.75. The largest absolute Gasteiger partial charge is 0.507 e. The summed E-state index contributed by atoms with van der Waals surface area (Å²) in [4.78, 5) is 6.35. The molecule has 1 unspecified atom stereocenters. The number of aromatic hydroxyl groups is 1. The van der Waals surface area contributed by atoms with Crippen LogP contribution in [-0.4, -0.2) is 21.5 Å². The Morgan fingerprint density at radius 3 is 2.17 bits per heavy atom. The van der Waals surface area contributed by atoms with Crippen molar-refractivity contribution in [3.63, 3.8) is 0 Å². The van der Waals surface area contributed by atoms with Gasteiger partial charge in [0, 0.05) is 34.7 Å². The Balaban J connectivity index is 1.75. The number of hydrogen-bond acceptors (Lipinski definition) is 2. The minimum absolute atomic E-state index is 0.0444. The number of aromatic amines is 1. The van der Waals surface area contributed by atoms with Crippen molar-refractivity contribution in [3.05, 3.63) is 99.2 Å². The van der Waals surface area contributed by atoms with Gasteiger partial charge in [-0.15, -0.1) is 0 Å². The summed E-state index contributed by atoms with van der Waals surface area (Å²) in [6.07, 6.45) is 0.968. The van der Waals surface area contributed by atoms with Crippen LogP contribution in [0.5, 0.6) is 5.75 Å². The maximum absolute atomic E-state index is 11.4. The fraction of sp³-hybridized carbons (Fsp3) is 0.375. The second-order valence-corrected chi connectivity index (χ2v) is 12.7. The van der Waals surface area contributed by atoms with E-state index in [-0.39, 0.29) is 16.9 Å². The lowest BCUT2D eigenvalue weighted by Crippen LogP contribution is -2.36. The summed E-state index contributed by atoms with van der Waals surface area (Å²) in [6, 6.07) is 21.4. The summed E-state index contributed by atoms with van der Waals surface area (Å²) in [5.74, 6) is 0.424. The smallest absolute Gasteiger partial charge is 0.123 e. The van der Waals surface area contributed by atoms with Crippen LogP contribution in [0.3, 0.4) is 0 Å². The lowest BCUT2D eigenvalue weighted by molar-refractivity contribution is 0.201. The summed E-state index contributed by atoms with van der Waals surface area (Å²) in [5.41, 5.74) is 7.86. The third kappa shape index (κ3) is 4.55. The molecular formula is C32H37ClN2O. The molecule has 36 heavy (non-hydrogen) atoms. The molecule has 188 valence electrons. The molecule has 0 fully saturated rings. The zero-order valence-electron chi connectivity index (χ0n) is 22.2. The lowest BCUT2D eigenvalue weighted by Gasteiger charge is -2.38. The average molecular weight is 501 g/mol. The van der Waals surface area contributed by atoms with E-state index in [1.54, 1.807) is 0 Å². The van der Waals surface area contributed by atoms with E-state index in [2.05, 4.69) is 106 Å². The number of rotatable bonds is 3. The molecule has 0 bridgehead atoms. The summed E-state index contributed by atoms with van der Waals surface area (Å²) in [7, 11) is 0. The number of aromatic nitrogens is 1. The van der Waals surface area contributed by atoms with Crippen molar-refractivity contribution in [2.45, 2.75) is 71.4 Å². The van der Waals surface area contributed by atoms with Gasteiger partial charge in [0.25, 0.3) is 0 Å². The average Bonchev–Trinajstić information content (AvgIpc) is 3.16. The first-order chi connectivity index (χ1) is 16.9. The molecule has 0 amide bonds. The van der Waals surface area contributed by atoms with Crippen molar-refractivity contribution in [2.75, 3.05) is 6.54 Å². The van der Waals surface area contributed by atoms with Crippen LogP contribution in [0.2, 0.25) is 5.02 Å². The minimum atomic E-state index is -0.185. The highest BCUT2D eigenvalue weighted by atomic mass is 35.5. The zero-order valence-corrected chi connectivity index (χ0v) is 23.0.